The van der Waals surface area contributed by atoms with Crippen molar-refractivity contribution in [2.45, 2.75) is 51.5 Å². The number of aromatic nitrogens is 3. The third-order valence-electron chi connectivity index (χ3n) is 3.41. The highest BCUT2D eigenvalue weighted by Crippen LogP contribution is 2.31. The lowest BCUT2D eigenvalue weighted by Gasteiger charge is -2.26. The zero-order chi connectivity index (χ0) is 11.4. The standard InChI is InChI=1S/C12H20ClN3/c1-10-4-2-6-12(8-10)16-9-11(14-15-16)5-3-7-13/h9-10,12H,2-8H2,1H3. The molecular weight excluding hydrogens is 222 g/mol. The van der Waals surface area contributed by atoms with Crippen molar-refractivity contribution in [3.8, 4) is 0 Å². The predicted octanol–water partition coefficient (Wildman–Crippen LogP) is 3.20. The van der Waals surface area contributed by atoms with Gasteiger partial charge in [0.2, 0.25) is 0 Å². The normalized spacial score (nSPS) is 25.9. The third-order valence-corrected chi connectivity index (χ3v) is 3.67. The van der Waals surface area contributed by atoms with Crippen molar-refractivity contribution in [2.24, 2.45) is 5.92 Å². The smallest absolute Gasteiger partial charge is 0.0827 e. The van der Waals surface area contributed by atoms with E-state index in [1.165, 1.54) is 25.7 Å². The Morgan fingerprint density at radius 2 is 2.38 bits per heavy atom. The van der Waals surface area contributed by atoms with Crippen LogP contribution in [0.25, 0.3) is 0 Å². The fraction of sp³-hybridized carbons (Fsp3) is 0.833. The van der Waals surface area contributed by atoms with Gasteiger partial charge in [0.15, 0.2) is 0 Å². The summed E-state index contributed by atoms with van der Waals surface area (Å²) in [4.78, 5) is 0. The molecule has 1 aromatic rings. The molecule has 1 fully saturated rings. The van der Waals surface area contributed by atoms with Gasteiger partial charge in [0.05, 0.1) is 11.7 Å². The second-order valence-electron chi connectivity index (χ2n) is 4.91. The van der Waals surface area contributed by atoms with Crippen molar-refractivity contribution in [3.63, 3.8) is 0 Å². The Morgan fingerprint density at radius 3 is 3.12 bits per heavy atom. The van der Waals surface area contributed by atoms with Gasteiger partial charge in [-0.1, -0.05) is 25.0 Å². The summed E-state index contributed by atoms with van der Waals surface area (Å²) in [6.07, 6.45) is 9.23. The van der Waals surface area contributed by atoms with E-state index >= 15 is 0 Å². The quantitative estimate of drug-likeness (QED) is 0.758. The Hall–Kier alpha value is -0.570. The van der Waals surface area contributed by atoms with E-state index in [2.05, 4.69) is 28.1 Å². The maximum atomic E-state index is 5.67. The summed E-state index contributed by atoms with van der Waals surface area (Å²) in [5, 5.41) is 8.46. The molecule has 4 heteroatoms. The number of hydrogen-bond donors (Lipinski definition) is 0. The first-order valence-electron chi connectivity index (χ1n) is 6.26. The summed E-state index contributed by atoms with van der Waals surface area (Å²) in [6.45, 7) is 2.33. The van der Waals surface area contributed by atoms with Gasteiger partial charge in [-0.25, -0.2) is 4.68 Å². The molecule has 1 saturated carbocycles. The molecule has 2 rings (SSSR count). The highest BCUT2D eigenvalue weighted by atomic mass is 35.5. The molecule has 0 aromatic carbocycles. The predicted molar refractivity (Wildman–Crippen MR) is 65.7 cm³/mol. The van der Waals surface area contributed by atoms with Crippen LogP contribution in [-0.2, 0) is 6.42 Å². The van der Waals surface area contributed by atoms with E-state index in [-0.39, 0.29) is 0 Å². The van der Waals surface area contributed by atoms with Gasteiger partial charge < -0.3 is 0 Å². The highest BCUT2D eigenvalue weighted by Gasteiger charge is 2.21. The fourth-order valence-electron chi connectivity index (χ4n) is 2.50. The van der Waals surface area contributed by atoms with Gasteiger partial charge in [0.1, 0.15) is 0 Å². The summed E-state index contributed by atoms with van der Waals surface area (Å²) in [7, 11) is 0. The lowest BCUT2D eigenvalue weighted by molar-refractivity contribution is 0.263. The van der Waals surface area contributed by atoms with Crippen LogP contribution in [0.3, 0.4) is 0 Å². The summed E-state index contributed by atoms with van der Waals surface area (Å²) in [5.41, 5.74) is 1.08. The number of nitrogens with zero attached hydrogens (tertiary/aromatic N) is 3. The lowest BCUT2D eigenvalue weighted by Crippen LogP contribution is -2.18. The van der Waals surface area contributed by atoms with Crippen molar-refractivity contribution in [3.05, 3.63) is 11.9 Å². The van der Waals surface area contributed by atoms with Crippen molar-refractivity contribution in [1.82, 2.24) is 15.0 Å². The van der Waals surface area contributed by atoms with Gasteiger partial charge in [-0.3, -0.25) is 0 Å². The summed E-state index contributed by atoms with van der Waals surface area (Å²) in [5.74, 6) is 1.53. The van der Waals surface area contributed by atoms with E-state index in [0.717, 1.165) is 24.5 Å². The molecule has 0 bridgehead atoms. The average Bonchev–Trinajstić information content (AvgIpc) is 2.75. The Balaban J connectivity index is 1.95. The van der Waals surface area contributed by atoms with Crippen LogP contribution in [0.15, 0.2) is 6.20 Å². The molecule has 0 spiro atoms. The molecule has 0 radical (unpaired) electrons. The molecule has 0 aliphatic heterocycles. The Kier molecular flexibility index (Phi) is 4.22. The van der Waals surface area contributed by atoms with Crippen molar-refractivity contribution in [1.29, 1.82) is 0 Å². The number of rotatable bonds is 4. The van der Waals surface area contributed by atoms with Gasteiger partial charge in [0.25, 0.3) is 0 Å². The fourth-order valence-corrected chi connectivity index (χ4v) is 2.63. The molecule has 16 heavy (non-hydrogen) atoms. The van der Waals surface area contributed by atoms with Crippen LogP contribution in [0.1, 0.15) is 50.8 Å². The molecule has 90 valence electrons. The molecule has 1 heterocycles. The van der Waals surface area contributed by atoms with Crippen LogP contribution < -0.4 is 0 Å². The Labute approximate surface area is 102 Å². The van der Waals surface area contributed by atoms with Gasteiger partial charge >= 0.3 is 0 Å². The molecule has 2 atom stereocenters. The van der Waals surface area contributed by atoms with Gasteiger partial charge in [-0.05, 0) is 31.6 Å². The molecule has 1 aliphatic carbocycles. The molecule has 1 aromatic heterocycles. The molecular formula is C12H20ClN3. The number of aryl methyl sites for hydroxylation is 1. The van der Waals surface area contributed by atoms with Crippen LogP contribution in [0.4, 0.5) is 0 Å². The zero-order valence-corrected chi connectivity index (χ0v) is 10.7. The summed E-state index contributed by atoms with van der Waals surface area (Å²) in [6, 6.07) is 0.570. The van der Waals surface area contributed by atoms with E-state index in [1.807, 2.05) is 0 Å². The van der Waals surface area contributed by atoms with Gasteiger partial charge in [-0.2, -0.15) is 0 Å². The second kappa shape index (κ2) is 5.67. The van der Waals surface area contributed by atoms with Crippen molar-refractivity contribution in [2.75, 3.05) is 5.88 Å². The van der Waals surface area contributed by atoms with E-state index in [9.17, 15) is 0 Å². The molecule has 0 amide bonds. The summed E-state index contributed by atoms with van der Waals surface area (Å²) < 4.78 is 2.07. The SMILES string of the molecule is CC1CCCC(n2cc(CCCCl)nn2)C1. The number of alkyl halides is 1. The molecule has 2 unspecified atom stereocenters. The molecule has 0 N–H and O–H groups in total. The maximum absolute atomic E-state index is 5.67. The largest absolute Gasteiger partial charge is 0.249 e. The summed E-state index contributed by atoms with van der Waals surface area (Å²) >= 11 is 5.67. The van der Waals surface area contributed by atoms with Gasteiger partial charge in [-0.15, -0.1) is 16.7 Å². The minimum absolute atomic E-state index is 0.570. The second-order valence-corrected chi connectivity index (χ2v) is 5.29. The topological polar surface area (TPSA) is 30.7 Å². The van der Waals surface area contributed by atoms with Crippen LogP contribution in [0.2, 0.25) is 0 Å². The molecule has 3 nitrogen and oxygen atoms in total. The first-order valence-corrected chi connectivity index (χ1v) is 6.79. The van der Waals surface area contributed by atoms with E-state index in [4.69, 9.17) is 11.6 Å². The van der Waals surface area contributed by atoms with Crippen LogP contribution in [-0.4, -0.2) is 20.9 Å². The van der Waals surface area contributed by atoms with Crippen molar-refractivity contribution >= 4 is 11.6 Å². The maximum Gasteiger partial charge on any atom is 0.0827 e. The molecule has 1 aliphatic rings. The monoisotopic (exact) mass is 241 g/mol. The number of hydrogen-bond acceptors (Lipinski definition) is 2. The average molecular weight is 242 g/mol. The Morgan fingerprint density at radius 1 is 1.50 bits per heavy atom. The van der Waals surface area contributed by atoms with Crippen molar-refractivity contribution < 1.29 is 0 Å². The van der Waals surface area contributed by atoms with E-state index in [0.29, 0.717) is 11.9 Å². The first kappa shape index (κ1) is 11.9. The van der Waals surface area contributed by atoms with Crippen LogP contribution in [0, 0.1) is 5.92 Å². The lowest BCUT2D eigenvalue weighted by atomic mass is 9.87. The highest BCUT2D eigenvalue weighted by molar-refractivity contribution is 6.17. The van der Waals surface area contributed by atoms with E-state index < -0.39 is 0 Å². The first-order chi connectivity index (χ1) is 7.79. The van der Waals surface area contributed by atoms with E-state index in [1.54, 1.807) is 0 Å². The minimum atomic E-state index is 0.570. The number of halogens is 1. The van der Waals surface area contributed by atoms with Gasteiger partial charge in [0, 0.05) is 12.1 Å². The Bertz CT molecular complexity index is 324. The minimum Gasteiger partial charge on any atom is -0.249 e. The van der Waals surface area contributed by atoms with Crippen LogP contribution >= 0.6 is 11.6 Å². The zero-order valence-electron chi connectivity index (χ0n) is 9.90. The van der Waals surface area contributed by atoms with Crippen LogP contribution in [0.5, 0.6) is 0 Å². The molecule has 0 saturated heterocycles. The third kappa shape index (κ3) is 2.97.